The Bertz CT molecular complexity index is 860. The normalized spacial score (nSPS) is 17.0. The Hall–Kier alpha value is -2.38. The van der Waals surface area contributed by atoms with Gasteiger partial charge in [-0.15, -0.1) is 0 Å². The van der Waals surface area contributed by atoms with E-state index in [2.05, 4.69) is 27.1 Å². The monoisotopic (exact) mass is 442 g/mol. The van der Waals surface area contributed by atoms with Gasteiger partial charge in [-0.25, -0.2) is 0 Å². The summed E-state index contributed by atoms with van der Waals surface area (Å²) in [6.45, 7) is 9.12. The second-order valence-electron chi connectivity index (χ2n) is 9.18. The van der Waals surface area contributed by atoms with Gasteiger partial charge in [0.1, 0.15) is 11.5 Å². The zero-order chi connectivity index (χ0) is 23.1. The van der Waals surface area contributed by atoms with Crippen LogP contribution in [0.15, 0.2) is 28.8 Å². The molecule has 1 aliphatic rings. The lowest BCUT2D eigenvalue weighted by atomic mass is 9.96. The summed E-state index contributed by atoms with van der Waals surface area (Å²) in [5.41, 5.74) is 2.95. The maximum absolute atomic E-state index is 13.3. The van der Waals surface area contributed by atoms with Crippen molar-refractivity contribution >= 4 is 5.91 Å². The van der Waals surface area contributed by atoms with Gasteiger partial charge in [-0.2, -0.15) is 0 Å². The number of methoxy groups -OCH3 is 1. The molecule has 2 heterocycles. The van der Waals surface area contributed by atoms with Crippen molar-refractivity contribution in [2.75, 3.05) is 53.9 Å². The number of benzene rings is 1. The van der Waals surface area contributed by atoms with E-state index in [4.69, 9.17) is 9.26 Å². The second-order valence-corrected chi connectivity index (χ2v) is 9.18. The van der Waals surface area contributed by atoms with Crippen LogP contribution >= 0.6 is 0 Å². The lowest BCUT2D eigenvalue weighted by molar-refractivity contribution is -0.131. The van der Waals surface area contributed by atoms with Crippen molar-refractivity contribution in [3.05, 3.63) is 46.8 Å². The number of rotatable bonds is 10. The highest BCUT2D eigenvalue weighted by Gasteiger charge is 2.26. The van der Waals surface area contributed by atoms with Gasteiger partial charge in [0.25, 0.3) is 0 Å². The SMILES string of the molecule is COc1ccccc1CN1CCCC(CN(CCN(C)C)C(=O)Cc2c(C)noc2C)C1. The summed E-state index contributed by atoms with van der Waals surface area (Å²) >= 11 is 0. The molecule has 0 saturated carbocycles. The van der Waals surface area contributed by atoms with Crippen LogP contribution < -0.4 is 4.74 Å². The molecular weight excluding hydrogens is 404 g/mol. The van der Waals surface area contributed by atoms with E-state index in [-0.39, 0.29) is 5.91 Å². The Balaban J connectivity index is 1.64. The average Bonchev–Trinajstić information content (AvgIpc) is 3.09. The third-order valence-electron chi connectivity index (χ3n) is 6.35. The van der Waals surface area contributed by atoms with Gasteiger partial charge in [-0.3, -0.25) is 9.69 Å². The molecule has 7 nitrogen and oxygen atoms in total. The summed E-state index contributed by atoms with van der Waals surface area (Å²) < 4.78 is 10.8. The van der Waals surface area contributed by atoms with Crippen molar-refractivity contribution in [2.45, 2.75) is 39.7 Å². The van der Waals surface area contributed by atoms with E-state index in [1.54, 1.807) is 7.11 Å². The van der Waals surface area contributed by atoms with E-state index in [0.717, 1.165) is 74.9 Å². The van der Waals surface area contributed by atoms with Crippen molar-refractivity contribution in [3.63, 3.8) is 0 Å². The predicted octanol–water partition coefficient (Wildman–Crippen LogP) is 3.14. The first-order valence-electron chi connectivity index (χ1n) is 11.6. The van der Waals surface area contributed by atoms with Gasteiger partial charge in [0.15, 0.2) is 0 Å². The van der Waals surface area contributed by atoms with Crippen LogP contribution in [-0.2, 0) is 17.8 Å². The highest BCUT2D eigenvalue weighted by molar-refractivity contribution is 5.79. The van der Waals surface area contributed by atoms with Gasteiger partial charge in [-0.1, -0.05) is 23.4 Å². The number of nitrogens with zero attached hydrogens (tertiary/aromatic N) is 4. The molecule has 0 radical (unpaired) electrons. The van der Waals surface area contributed by atoms with Crippen molar-refractivity contribution in [1.29, 1.82) is 0 Å². The number of aromatic nitrogens is 1. The number of aryl methyl sites for hydroxylation is 2. The zero-order valence-corrected chi connectivity index (χ0v) is 20.3. The maximum atomic E-state index is 13.3. The fourth-order valence-electron chi connectivity index (χ4n) is 4.49. The van der Waals surface area contributed by atoms with Gasteiger partial charge >= 0.3 is 0 Å². The first-order chi connectivity index (χ1) is 15.4. The van der Waals surface area contributed by atoms with E-state index in [0.29, 0.717) is 12.3 Å². The van der Waals surface area contributed by atoms with Gasteiger partial charge in [0, 0.05) is 43.9 Å². The first kappa shape index (κ1) is 24.3. The van der Waals surface area contributed by atoms with E-state index in [1.807, 2.05) is 45.0 Å². The predicted molar refractivity (Wildman–Crippen MR) is 126 cm³/mol. The van der Waals surface area contributed by atoms with Crippen LogP contribution in [0.4, 0.5) is 0 Å². The molecule has 176 valence electrons. The molecule has 1 amide bonds. The van der Waals surface area contributed by atoms with Crippen LogP contribution in [0, 0.1) is 19.8 Å². The van der Waals surface area contributed by atoms with E-state index in [1.165, 1.54) is 5.56 Å². The lowest BCUT2D eigenvalue weighted by Crippen LogP contribution is -2.45. The van der Waals surface area contributed by atoms with Crippen molar-refractivity contribution in [2.24, 2.45) is 5.92 Å². The number of para-hydroxylation sites is 1. The number of ether oxygens (including phenoxy) is 1. The van der Waals surface area contributed by atoms with Gasteiger partial charge in [0.05, 0.1) is 19.2 Å². The number of amides is 1. The number of carbonyl (C=O) groups is 1. The number of likely N-dealkylation sites (N-methyl/N-ethyl adjacent to an activating group) is 1. The molecule has 0 aliphatic carbocycles. The molecule has 1 saturated heterocycles. The van der Waals surface area contributed by atoms with E-state index >= 15 is 0 Å². The third kappa shape index (κ3) is 6.56. The van der Waals surface area contributed by atoms with Crippen LogP contribution in [0.1, 0.15) is 35.4 Å². The molecule has 1 aromatic heterocycles. The summed E-state index contributed by atoms with van der Waals surface area (Å²) in [6, 6.07) is 8.23. The van der Waals surface area contributed by atoms with Crippen LogP contribution in [0.3, 0.4) is 0 Å². The zero-order valence-electron chi connectivity index (χ0n) is 20.3. The Labute approximate surface area is 192 Å². The molecule has 1 aliphatic heterocycles. The fraction of sp³-hybridized carbons (Fsp3) is 0.600. The van der Waals surface area contributed by atoms with Gasteiger partial charge in [0.2, 0.25) is 5.91 Å². The van der Waals surface area contributed by atoms with Gasteiger partial charge < -0.3 is 19.1 Å². The molecule has 3 rings (SSSR count). The summed E-state index contributed by atoms with van der Waals surface area (Å²) in [4.78, 5) is 19.9. The molecule has 32 heavy (non-hydrogen) atoms. The molecule has 1 aromatic carbocycles. The molecule has 2 aromatic rings. The minimum absolute atomic E-state index is 0.156. The first-order valence-corrected chi connectivity index (χ1v) is 11.6. The van der Waals surface area contributed by atoms with Crippen LogP contribution in [0.2, 0.25) is 0 Å². The smallest absolute Gasteiger partial charge is 0.227 e. The number of carbonyl (C=O) groups excluding carboxylic acids is 1. The van der Waals surface area contributed by atoms with Crippen LogP contribution in [0.5, 0.6) is 5.75 Å². The standard InChI is InChI=1S/C25H38N4O3/c1-19-23(20(2)32-26-19)15-25(30)29(14-13-27(3)4)17-21-9-8-12-28(16-21)18-22-10-6-7-11-24(22)31-5/h6-7,10-11,21H,8-9,12-18H2,1-5H3. The minimum Gasteiger partial charge on any atom is -0.496 e. The van der Waals surface area contributed by atoms with Crippen LogP contribution in [0.25, 0.3) is 0 Å². The summed E-state index contributed by atoms with van der Waals surface area (Å²) in [5, 5.41) is 4.01. The molecule has 7 heteroatoms. The summed E-state index contributed by atoms with van der Waals surface area (Å²) in [5.74, 6) is 2.30. The molecule has 0 spiro atoms. The lowest BCUT2D eigenvalue weighted by Gasteiger charge is -2.36. The summed E-state index contributed by atoms with van der Waals surface area (Å²) in [6.07, 6.45) is 2.66. The molecule has 0 bridgehead atoms. The largest absolute Gasteiger partial charge is 0.496 e. The van der Waals surface area contributed by atoms with E-state index in [9.17, 15) is 4.79 Å². The molecule has 1 unspecified atom stereocenters. The second kappa shape index (κ2) is 11.5. The topological polar surface area (TPSA) is 62.1 Å². The highest BCUT2D eigenvalue weighted by atomic mass is 16.5. The Kier molecular flexibility index (Phi) is 8.70. The molecule has 1 fully saturated rings. The highest BCUT2D eigenvalue weighted by Crippen LogP contribution is 2.24. The Morgan fingerprint density at radius 3 is 2.72 bits per heavy atom. The molecular formula is C25H38N4O3. The number of piperidine rings is 1. The third-order valence-corrected chi connectivity index (χ3v) is 6.35. The molecule has 0 N–H and O–H groups in total. The Morgan fingerprint density at radius 2 is 2.03 bits per heavy atom. The van der Waals surface area contributed by atoms with Crippen LogP contribution in [-0.4, -0.2) is 79.7 Å². The average molecular weight is 443 g/mol. The minimum atomic E-state index is 0.156. The molecule has 1 atom stereocenters. The maximum Gasteiger partial charge on any atom is 0.227 e. The number of likely N-dealkylation sites (tertiary alicyclic amines) is 1. The number of hydrogen-bond donors (Lipinski definition) is 0. The summed E-state index contributed by atoms with van der Waals surface area (Å²) in [7, 11) is 5.82. The van der Waals surface area contributed by atoms with Crippen molar-refractivity contribution in [3.8, 4) is 5.75 Å². The number of hydrogen-bond acceptors (Lipinski definition) is 6. The fourth-order valence-corrected chi connectivity index (χ4v) is 4.49. The Morgan fingerprint density at radius 1 is 1.25 bits per heavy atom. The van der Waals surface area contributed by atoms with Crippen molar-refractivity contribution in [1.82, 2.24) is 19.9 Å². The quantitative estimate of drug-likeness (QED) is 0.563. The van der Waals surface area contributed by atoms with Gasteiger partial charge in [-0.05, 0) is 59.3 Å². The van der Waals surface area contributed by atoms with Crippen molar-refractivity contribution < 1.29 is 14.1 Å². The van der Waals surface area contributed by atoms with E-state index < -0.39 is 0 Å².